The molecule has 2 heterocycles. The molecule has 3 nitrogen and oxygen atoms in total. The number of hydrogen-bond acceptors (Lipinski definition) is 2. The first-order chi connectivity index (χ1) is 7.70. The van der Waals surface area contributed by atoms with Crippen LogP contribution in [0.25, 0.3) is 0 Å². The third-order valence-corrected chi connectivity index (χ3v) is 2.88. The fourth-order valence-corrected chi connectivity index (χ4v) is 2.15. The highest BCUT2D eigenvalue weighted by Gasteiger charge is 2.22. The number of aromatic nitrogens is 1. The number of hydrogen-bond donors (Lipinski definition) is 0. The molecule has 0 amide bonds. The predicted octanol–water partition coefficient (Wildman–Crippen LogP) is 2.61. The number of nitrogens with zero attached hydrogens (tertiary/aromatic N) is 2. The van der Waals surface area contributed by atoms with Gasteiger partial charge in [0.05, 0.1) is 18.4 Å². The van der Waals surface area contributed by atoms with Crippen molar-refractivity contribution in [2.24, 2.45) is 0 Å². The first-order valence-corrected chi connectivity index (χ1v) is 5.83. The monoisotopic (exact) mass is 219 g/mol. The van der Waals surface area contributed by atoms with Crippen LogP contribution in [0, 0.1) is 6.92 Å². The Kier molecular flexibility index (Phi) is 3.34. The third-order valence-electron chi connectivity index (χ3n) is 2.88. The summed E-state index contributed by atoms with van der Waals surface area (Å²) in [5.74, 6) is 1.54. The van der Waals surface area contributed by atoms with Gasteiger partial charge in [0.1, 0.15) is 6.20 Å². The highest BCUT2D eigenvalue weighted by Crippen LogP contribution is 2.27. The highest BCUT2D eigenvalue weighted by molar-refractivity contribution is 5.55. The van der Waals surface area contributed by atoms with Gasteiger partial charge in [0.15, 0.2) is 6.73 Å². The number of ether oxygens (including phenoxy) is 1. The second-order valence-electron chi connectivity index (χ2n) is 4.50. The van der Waals surface area contributed by atoms with Gasteiger partial charge < -0.3 is 4.74 Å². The van der Waals surface area contributed by atoms with Gasteiger partial charge in [-0.1, -0.05) is 13.8 Å². The average Bonchev–Trinajstić information content (AvgIpc) is 2.29. The molecule has 0 saturated carbocycles. The van der Waals surface area contributed by atoms with Gasteiger partial charge in [-0.25, -0.2) is 4.58 Å². The van der Waals surface area contributed by atoms with Gasteiger partial charge in [-0.05, 0) is 29.5 Å². The van der Waals surface area contributed by atoms with Crippen LogP contribution in [-0.4, -0.2) is 29.1 Å². The van der Waals surface area contributed by atoms with E-state index in [0.29, 0.717) is 12.6 Å². The molecule has 1 aromatic heterocycles. The summed E-state index contributed by atoms with van der Waals surface area (Å²) < 4.78 is 7.58. The molecule has 0 unspecified atom stereocenters. The van der Waals surface area contributed by atoms with Crippen molar-refractivity contribution in [3.63, 3.8) is 0 Å². The molecule has 0 aliphatic carbocycles. The summed E-state index contributed by atoms with van der Waals surface area (Å²) in [6.07, 6.45) is 5.02. The summed E-state index contributed by atoms with van der Waals surface area (Å²) >= 11 is 0. The lowest BCUT2D eigenvalue weighted by Crippen LogP contribution is -2.21. The van der Waals surface area contributed by atoms with Crippen molar-refractivity contribution in [3.05, 3.63) is 23.4 Å². The molecule has 1 aromatic rings. The Bertz CT molecular complexity index is 410. The Morgan fingerprint density at radius 3 is 2.88 bits per heavy atom. The summed E-state index contributed by atoms with van der Waals surface area (Å²) in [6, 6.07) is 2.07. The van der Waals surface area contributed by atoms with E-state index in [1.54, 1.807) is 0 Å². The Morgan fingerprint density at radius 1 is 1.44 bits per heavy atom. The van der Waals surface area contributed by atoms with Gasteiger partial charge in [-0.3, -0.25) is 0 Å². The molecule has 0 N–H and O–H groups in total. The Balaban J connectivity index is 2.47. The number of rotatable bonds is 2. The molecular formula is C13H19N2O+. The lowest BCUT2D eigenvalue weighted by molar-refractivity contribution is -0.499. The van der Waals surface area contributed by atoms with Crippen LogP contribution in [0.1, 0.15) is 37.3 Å². The number of pyridine rings is 1. The predicted molar refractivity (Wildman–Crippen MR) is 64.5 cm³/mol. The van der Waals surface area contributed by atoms with E-state index in [2.05, 4.69) is 42.6 Å². The minimum Gasteiger partial charge on any atom is -0.341 e. The molecule has 16 heavy (non-hydrogen) atoms. The molecule has 2 rings (SSSR count). The maximum absolute atomic E-state index is 5.47. The third kappa shape index (κ3) is 2.14. The highest BCUT2D eigenvalue weighted by atomic mass is 16.5. The van der Waals surface area contributed by atoms with Gasteiger partial charge in [-0.15, -0.1) is 0 Å². The van der Waals surface area contributed by atoms with E-state index in [9.17, 15) is 0 Å². The van der Waals surface area contributed by atoms with Crippen molar-refractivity contribution in [1.29, 1.82) is 0 Å². The van der Waals surface area contributed by atoms with Crippen LogP contribution >= 0.6 is 0 Å². The lowest BCUT2D eigenvalue weighted by Gasteiger charge is -2.15. The van der Waals surface area contributed by atoms with Gasteiger partial charge in [0.25, 0.3) is 0 Å². The molecule has 0 bridgehead atoms. The second kappa shape index (κ2) is 4.74. The van der Waals surface area contributed by atoms with E-state index in [4.69, 9.17) is 4.74 Å². The maximum atomic E-state index is 5.47. The average molecular weight is 219 g/mol. The summed E-state index contributed by atoms with van der Waals surface area (Å²) in [7, 11) is 0. The first kappa shape index (κ1) is 11.3. The second-order valence-corrected chi connectivity index (χ2v) is 4.50. The molecule has 0 radical (unpaired) electrons. The Hall–Kier alpha value is -1.22. The summed E-state index contributed by atoms with van der Waals surface area (Å²) in [5, 5.41) is 0. The smallest absolute Gasteiger partial charge is 0.328 e. The fourth-order valence-electron chi connectivity index (χ4n) is 2.15. The van der Waals surface area contributed by atoms with Crippen LogP contribution in [0.3, 0.4) is 0 Å². The zero-order valence-corrected chi connectivity index (χ0v) is 10.2. The largest absolute Gasteiger partial charge is 0.341 e. The summed E-state index contributed by atoms with van der Waals surface area (Å²) in [6.45, 7) is 8.00. The van der Waals surface area contributed by atoms with Crippen LogP contribution in [0.4, 0.5) is 5.82 Å². The molecular weight excluding hydrogens is 200 g/mol. The van der Waals surface area contributed by atoms with Crippen molar-refractivity contribution in [1.82, 2.24) is 4.98 Å². The van der Waals surface area contributed by atoms with E-state index in [1.165, 1.54) is 11.1 Å². The topological polar surface area (TPSA) is 25.1 Å². The van der Waals surface area contributed by atoms with Crippen LogP contribution in [-0.2, 0) is 4.74 Å². The van der Waals surface area contributed by atoms with Crippen molar-refractivity contribution in [2.75, 3.05) is 13.3 Å². The van der Waals surface area contributed by atoms with Crippen LogP contribution < -0.4 is 0 Å². The van der Waals surface area contributed by atoms with E-state index < -0.39 is 0 Å². The first-order valence-electron chi connectivity index (χ1n) is 5.83. The molecule has 0 fully saturated rings. The number of aryl methyl sites for hydroxylation is 1. The lowest BCUT2D eigenvalue weighted by atomic mass is 9.99. The normalized spacial score (nSPS) is 16.4. The zero-order valence-electron chi connectivity index (χ0n) is 10.2. The molecule has 3 heteroatoms. The van der Waals surface area contributed by atoms with E-state index >= 15 is 0 Å². The van der Waals surface area contributed by atoms with Crippen molar-refractivity contribution in [2.45, 2.75) is 33.1 Å². The van der Waals surface area contributed by atoms with Crippen molar-refractivity contribution >= 4 is 12.0 Å². The molecule has 86 valence electrons. The van der Waals surface area contributed by atoms with Gasteiger partial charge in [-0.2, -0.15) is 0 Å². The zero-order chi connectivity index (χ0) is 11.5. The quantitative estimate of drug-likeness (QED) is 0.714. The molecule has 0 atom stereocenters. The van der Waals surface area contributed by atoms with Crippen LogP contribution in [0.2, 0.25) is 0 Å². The van der Waals surface area contributed by atoms with E-state index in [-0.39, 0.29) is 0 Å². The SMILES string of the molecule is Cc1ccnc([N+]2=CCCOC2)c1C(C)C. The molecule has 1 aliphatic rings. The van der Waals surface area contributed by atoms with Gasteiger partial charge in [0, 0.05) is 6.42 Å². The summed E-state index contributed by atoms with van der Waals surface area (Å²) in [5.41, 5.74) is 2.63. The maximum Gasteiger partial charge on any atom is 0.328 e. The standard InChI is InChI=1S/C13H19N2O/c1-10(2)12-11(3)5-6-14-13(12)15-7-4-8-16-9-15/h5-7,10H,4,8-9H2,1-3H3/q+1. The molecule has 1 aliphatic heterocycles. The van der Waals surface area contributed by atoms with Gasteiger partial charge in [0.2, 0.25) is 0 Å². The minimum atomic E-state index is 0.485. The summed E-state index contributed by atoms with van der Waals surface area (Å²) in [4.78, 5) is 4.50. The van der Waals surface area contributed by atoms with Gasteiger partial charge >= 0.3 is 5.82 Å². The fraction of sp³-hybridized carbons (Fsp3) is 0.538. The van der Waals surface area contributed by atoms with Crippen molar-refractivity contribution in [3.8, 4) is 0 Å². The molecule has 0 saturated heterocycles. The van der Waals surface area contributed by atoms with Crippen LogP contribution in [0.5, 0.6) is 0 Å². The molecule has 0 spiro atoms. The Morgan fingerprint density at radius 2 is 2.25 bits per heavy atom. The van der Waals surface area contributed by atoms with E-state index in [1.807, 2.05) is 6.20 Å². The van der Waals surface area contributed by atoms with E-state index in [0.717, 1.165) is 18.8 Å². The minimum absolute atomic E-state index is 0.485. The Labute approximate surface area is 96.8 Å². The van der Waals surface area contributed by atoms with Crippen LogP contribution in [0.15, 0.2) is 12.3 Å². The van der Waals surface area contributed by atoms with Crippen molar-refractivity contribution < 1.29 is 9.31 Å². The molecule has 0 aromatic carbocycles.